The van der Waals surface area contributed by atoms with Gasteiger partial charge in [0.1, 0.15) is 6.04 Å². The van der Waals surface area contributed by atoms with E-state index in [-0.39, 0.29) is 23.8 Å². The van der Waals surface area contributed by atoms with Gasteiger partial charge in [-0.1, -0.05) is 61.4 Å². The number of hydrogen-bond donors (Lipinski definition) is 1. The molecule has 1 unspecified atom stereocenters. The molecule has 1 atom stereocenters. The molecule has 0 saturated heterocycles. The molecule has 0 aliphatic heterocycles. The third kappa shape index (κ3) is 6.66. The van der Waals surface area contributed by atoms with Crippen LogP contribution in [0.15, 0.2) is 65.6 Å². The van der Waals surface area contributed by atoms with Crippen LogP contribution in [-0.2, 0) is 30.8 Å². The summed E-state index contributed by atoms with van der Waals surface area (Å²) in [5, 5.41) is 9.97. The summed E-state index contributed by atoms with van der Waals surface area (Å²) in [4.78, 5) is 53.4. The smallest absolute Gasteiger partial charge is 0.408 e. The van der Waals surface area contributed by atoms with Crippen molar-refractivity contribution < 1.29 is 32.7 Å². The summed E-state index contributed by atoms with van der Waals surface area (Å²) in [5.41, 5.74) is -0.509. The number of carbonyl (C=O) groups excluding carboxylic acids is 3. The number of rotatable bonds is 10. The minimum absolute atomic E-state index is 0.134. The van der Waals surface area contributed by atoms with Gasteiger partial charge >= 0.3 is 12.0 Å². The molecule has 1 fully saturated rings. The zero-order chi connectivity index (χ0) is 28.1. The third-order valence-corrected chi connectivity index (χ3v) is 8.45. The first kappa shape index (κ1) is 29.0. The highest BCUT2D eigenvalue weighted by molar-refractivity contribution is 7.89. The van der Waals surface area contributed by atoms with E-state index in [1.807, 2.05) is 0 Å². The second kappa shape index (κ2) is 11.9. The maximum absolute atomic E-state index is 13.6. The lowest BCUT2D eigenvalue weighted by Gasteiger charge is -2.38. The molecule has 2 amide bonds. The van der Waals surface area contributed by atoms with Crippen molar-refractivity contribution >= 4 is 33.6 Å². The predicted molar refractivity (Wildman–Crippen MR) is 141 cm³/mol. The number of carbonyl (C=O) groups is 4. The first-order valence-electron chi connectivity index (χ1n) is 12.6. The molecule has 0 aromatic heterocycles. The SMILES string of the molecule is CC(C)(C)N(C(=O)O)C(Cc1ccccc1)C(=O)C(=O)C(=O)N(CC1CCCC1)S(=O)(=O)c1ccccc1. The van der Waals surface area contributed by atoms with Gasteiger partial charge in [-0.3, -0.25) is 19.3 Å². The van der Waals surface area contributed by atoms with Crippen molar-refractivity contribution in [3.05, 3.63) is 66.2 Å². The zero-order valence-corrected chi connectivity index (χ0v) is 22.7. The van der Waals surface area contributed by atoms with Crippen LogP contribution >= 0.6 is 0 Å². The average Bonchev–Trinajstić information content (AvgIpc) is 3.39. The van der Waals surface area contributed by atoms with Crippen LogP contribution in [0.1, 0.15) is 52.0 Å². The minimum Gasteiger partial charge on any atom is -0.465 e. The second-order valence-corrected chi connectivity index (χ2v) is 12.4. The Bertz CT molecular complexity index is 1270. The van der Waals surface area contributed by atoms with Gasteiger partial charge in [-0.05, 0) is 57.2 Å². The fourth-order valence-electron chi connectivity index (χ4n) is 4.83. The zero-order valence-electron chi connectivity index (χ0n) is 21.9. The van der Waals surface area contributed by atoms with Crippen LogP contribution in [0.2, 0.25) is 0 Å². The first-order valence-corrected chi connectivity index (χ1v) is 14.0. The molecule has 10 heteroatoms. The van der Waals surface area contributed by atoms with Crippen molar-refractivity contribution in [2.75, 3.05) is 6.54 Å². The number of ketones is 2. The highest BCUT2D eigenvalue weighted by Gasteiger charge is 2.44. The van der Waals surface area contributed by atoms with E-state index in [0.29, 0.717) is 22.7 Å². The normalized spacial score (nSPS) is 15.0. The number of nitrogens with zero attached hydrogens (tertiary/aromatic N) is 2. The largest absolute Gasteiger partial charge is 0.465 e. The lowest BCUT2D eigenvalue weighted by molar-refractivity contribution is -0.149. The van der Waals surface area contributed by atoms with Crippen molar-refractivity contribution in [3.63, 3.8) is 0 Å². The number of amides is 2. The number of sulfonamides is 1. The second-order valence-electron chi connectivity index (χ2n) is 10.5. The summed E-state index contributed by atoms with van der Waals surface area (Å²) >= 11 is 0. The number of hydrogen-bond acceptors (Lipinski definition) is 6. The van der Waals surface area contributed by atoms with Crippen molar-refractivity contribution in [1.29, 1.82) is 0 Å². The molecule has 3 rings (SSSR count). The highest BCUT2D eigenvalue weighted by atomic mass is 32.2. The van der Waals surface area contributed by atoms with Gasteiger partial charge in [0.15, 0.2) is 0 Å². The topological polar surface area (TPSA) is 129 Å². The van der Waals surface area contributed by atoms with E-state index in [0.717, 1.165) is 17.7 Å². The summed E-state index contributed by atoms with van der Waals surface area (Å²) < 4.78 is 27.5. The summed E-state index contributed by atoms with van der Waals surface area (Å²) in [6, 6.07) is 14.3. The van der Waals surface area contributed by atoms with Gasteiger partial charge in [-0.25, -0.2) is 17.5 Å². The molecule has 9 nitrogen and oxygen atoms in total. The molecule has 1 saturated carbocycles. The Morgan fingerprint density at radius 3 is 1.95 bits per heavy atom. The Balaban J connectivity index is 2.01. The minimum atomic E-state index is -4.44. The Morgan fingerprint density at radius 1 is 0.921 bits per heavy atom. The van der Waals surface area contributed by atoms with E-state index in [1.54, 1.807) is 57.2 Å². The summed E-state index contributed by atoms with van der Waals surface area (Å²) in [6.07, 6.45) is 1.56. The molecule has 1 aliphatic rings. The van der Waals surface area contributed by atoms with Crippen LogP contribution in [0.4, 0.5) is 4.79 Å². The lowest BCUT2D eigenvalue weighted by Crippen LogP contribution is -2.58. The van der Waals surface area contributed by atoms with Gasteiger partial charge < -0.3 is 5.11 Å². The van der Waals surface area contributed by atoms with Gasteiger partial charge in [0, 0.05) is 18.5 Å². The van der Waals surface area contributed by atoms with Crippen molar-refractivity contribution in [3.8, 4) is 0 Å². The molecule has 2 aromatic rings. The van der Waals surface area contributed by atoms with E-state index >= 15 is 0 Å². The van der Waals surface area contributed by atoms with Crippen LogP contribution < -0.4 is 0 Å². The maximum atomic E-state index is 13.6. The molecule has 0 radical (unpaired) electrons. The molecule has 1 aliphatic carbocycles. The van der Waals surface area contributed by atoms with Crippen LogP contribution in [0, 0.1) is 5.92 Å². The Hall–Kier alpha value is -3.53. The molecule has 2 aromatic carbocycles. The molecule has 0 heterocycles. The lowest BCUT2D eigenvalue weighted by atomic mass is 9.93. The monoisotopic (exact) mass is 542 g/mol. The summed E-state index contributed by atoms with van der Waals surface area (Å²) in [5.74, 6) is -4.43. The Morgan fingerprint density at radius 2 is 1.45 bits per heavy atom. The average molecular weight is 543 g/mol. The summed E-state index contributed by atoms with van der Waals surface area (Å²) in [6.45, 7) is 4.50. The quantitative estimate of drug-likeness (QED) is 0.356. The predicted octanol–water partition coefficient (Wildman–Crippen LogP) is 3.92. The van der Waals surface area contributed by atoms with Crippen LogP contribution in [0.3, 0.4) is 0 Å². The van der Waals surface area contributed by atoms with Crippen molar-refractivity contribution in [2.45, 2.75) is 69.4 Å². The third-order valence-electron chi connectivity index (χ3n) is 6.69. The van der Waals surface area contributed by atoms with E-state index in [1.165, 1.54) is 24.3 Å². The first-order chi connectivity index (χ1) is 17.8. The Labute approximate surface area is 223 Å². The summed E-state index contributed by atoms with van der Waals surface area (Å²) in [7, 11) is -4.44. The standard InChI is InChI=1S/C28H34N2O7S/c1-28(2,3)30(27(34)35)23(18-20-12-6-4-7-13-20)24(31)25(32)26(33)29(19-21-14-10-11-15-21)38(36,37)22-16-8-5-9-17-22/h4-9,12-13,16-17,21,23H,10-11,14-15,18-19H2,1-3H3,(H,34,35). The fourth-order valence-corrected chi connectivity index (χ4v) is 6.30. The molecular formula is C28H34N2O7S. The molecule has 0 bridgehead atoms. The molecule has 204 valence electrons. The van der Waals surface area contributed by atoms with Crippen molar-refractivity contribution in [2.24, 2.45) is 5.92 Å². The molecule has 38 heavy (non-hydrogen) atoms. The maximum Gasteiger partial charge on any atom is 0.408 e. The van der Waals surface area contributed by atoms with Gasteiger partial charge in [0.25, 0.3) is 15.8 Å². The number of carboxylic acid groups (broad SMARTS) is 1. The highest BCUT2D eigenvalue weighted by Crippen LogP contribution is 2.28. The molecule has 1 N–H and O–H groups in total. The number of benzene rings is 2. The fraction of sp³-hybridized carbons (Fsp3) is 0.429. The van der Waals surface area contributed by atoms with Gasteiger partial charge in [0.2, 0.25) is 5.78 Å². The molecular weight excluding hydrogens is 508 g/mol. The van der Waals surface area contributed by atoms with Gasteiger partial charge in [0.05, 0.1) is 4.90 Å². The van der Waals surface area contributed by atoms with Crippen molar-refractivity contribution in [1.82, 2.24) is 9.21 Å². The number of Topliss-reactive ketones (excluding diaryl/α,β-unsaturated/α-hetero) is 2. The van der Waals surface area contributed by atoms with Gasteiger partial charge in [-0.2, -0.15) is 0 Å². The van der Waals surface area contributed by atoms with E-state index in [2.05, 4.69) is 0 Å². The van der Waals surface area contributed by atoms with E-state index < -0.39 is 45.2 Å². The van der Waals surface area contributed by atoms with Gasteiger partial charge in [-0.15, -0.1) is 0 Å². The van der Waals surface area contributed by atoms with Crippen LogP contribution in [-0.4, -0.2) is 64.4 Å². The van der Waals surface area contributed by atoms with Crippen LogP contribution in [0.25, 0.3) is 0 Å². The van der Waals surface area contributed by atoms with E-state index in [9.17, 15) is 32.7 Å². The molecule has 0 spiro atoms. The van der Waals surface area contributed by atoms with Crippen LogP contribution in [0.5, 0.6) is 0 Å². The van der Waals surface area contributed by atoms with E-state index in [4.69, 9.17) is 0 Å². The Kier molecular flexibility index (Phi) is 9.09.